The third kappa shape index (κ3) is 4.28. The zero-order chi connectivity index (χ0) is 38.0. The van der Waals surface area contributed by atoms with E-state index in [9.17, 15) is 0 Å². The van der Waals surface area contributed by atoms with Gasteiger partial charge < -0.3 is 19.3 Å². The van der Waals surface area contributed by atoms with Gasteiger partial charge in [-0.2, -0.15) is 0 Å². The van der Waals surface area contributed by atoms with Crippen molar-refractivity contribution >= 4 is 46.1 Å². The van der Waals surface area contributed by atoms with E-state index in [2.05, 4.69) is 159 Å². The summed E-state index contributed by atoms with van der Waals surface area (Å²) in [6.07, 6.45) is 6.76. The van der Waals surface area contributed by atoms with E-state index in [1.807, 2.05) is 0 Å². The molecule has 2 aliphatic carbocycles. The third-order valence-corrected chi connectivity index (χ3v) is 15.2. The molecule has 278 valence electrons. The lowest BCUT2D eigenvalue weighted by Gasteiger charge is -2.45. The first-order chi connectivity index (χ1) is 25.4. The van der Waals surface area contributed by atoms with Crippen LogP contribution in [0.15, 0.2) is 84.2 Å². The molecule has 4 atom stereocenters. The van der Waals surface area contributed by atoms with E-state index in [1.54, 1.807) is 0 Å². The highest BCUT2D eigenvalue weighted by molar-refractivity contribution is 6.95. The molecular weight excluding hydrogens is 659 g/mol. The molecule has 10 rings (SSSR count). The Morgan fingerprint density at radius 1 is 0.574 bits per heavy atom. The van der Waals surface area contributed by atoms with Crippen molar-refractivity contribution in [2.75, 3.05) is 9.80 Å². The minimum absolute atomic E-state index is 0.0232. The molecule has 0 amide bonds. The molecule has 6 aliphatic rings. The molecule has 4 nitrogen and oxygen atoms in total. The highest BCUT2D eigenvalue weighted by atomic mass is 16.5. The van der Waals surface area contributed by atoms with Gasteiger partial charge in [0.25, 0.3) is 6.71 Å². The van der Waals surface area contributed by atoms with Gasteiger partial charge in [0.2, 0.25) is 0 Å². The van der Waals surface area contributed by atoms with Gasteiger partial charge in [-0.25, -0.2) is 0 Å². The number of ether oxygens (including phenoxy) is 2. The third-order valence-electron chi connectivity index (χ3n) is 15.2. The van der Waals surface area contributed by atoms with Crippen molar-refractivity contribution in [2.45, 2.75) is 142 Å². The van der Waals surface area contributed by atoms with Crippen LogP contribution in [0.4, 0.5) is 28.4 Å². The Hall–Kier alpha value is -4.12. The highest BCUT2D eigenvalue weighted by Gasteiger charge is 2.66. The topological polar surface area (TPSA) is 24.9 Å². The maximum Gasteiger partial charge on any atom is 0.300 e. The number of aryl methyl sites for hydroxylation is 1. The lowest BCUT2D eigenvalue weighted by molar-refractivity contribution is -0.00318. The molecular formula is C49H57BN2O2. The van der Waals surface area contributed by atoms with E-state index in [-0.39, 0.29) is 39.6 Å². The van der Waals surface area contributed by atoms with Gasteiger partial charge in [0.15, 0.2) is 0 Å². The molecule has 4 heterocycles. The Labute approximate surface area is 324 Å². The Bertz CT molecular complexity index is 2290. The molecule has 4 unspecified atom stereocenters. The van der Waals surface area contributed by atoms with E-state index in [4.69, 9.17) is 9.47 Å². The number of fused-ring (bicyclic) bond motifs is 9. The first-order valence-electron chi connectivity index (χ1n) is 20.6. The summed E-state index contributed by atoms with van der Waals surface area (Å²) in [5.74, 6) is 1.10. The zero-order valence-electron chi connectivity index (χ0n) is 34.5. The van der Waals surface area contributed by atoms with Crippen LogP contribution in [0.5, 0.6) is 5.75 Å². The van der Waals surface area contributed by atoms with Gasteiger partial charge in [-0.15, -0.1) is 0 Å². The summed E-state index contributed by atoms with van der Waals surface area (Å²) in [4.78, 5) is 5.16. The summed E-state index contributed by atoms with van der Waals surface area (Å²) < 4.78 is 15.0. The van der Waals surface area contributed by atoms with Crippen LogP contribution in [0, 0.1) is 12.3 Å². The van der Waals surface area contributed by atoms with Gasteiger partial charge in [0, 0.05) is 44.9 Å². The molecule has 0 N–H and O–H groups in total. The Morgan fingerprint density at radius 3 is 1.67 bits per heavy atom. The number of nitrogens with zero attached hydrogens (tertiary/aromatic N) is 2. The van der Waals surface area contributed by atoms with Gasteiger partial charge in [0.1, 0.15) is 17.0 Å². The first kappa shape index (κ1) is 34.4. The van der Waals surface area contributed by atoms with E-state index in [1.165, 1.54) is 80.2 Å². The van der Waals surface area contributed by atoms with Crippen LogP contribution in [0.2, 0.25) is 0 Å². The zero-order valence-corrected chi connectivity index (χ0v) is 34.5. The van der Waals surface area contributed by atoms with Crippen LogP contribution in [0.1, 0.15) is 130 Å². The summed E-state index contributed by atoms with van der Waals surface area (Å²) in [6, 6.07) is 28.4. The lowest BCUT2D eigenvalue weighted by atomic mass is 9.35. The average Bonchev–Trinajstić information content (AvgIpc) is 3.72. The van der Waals surface area contributed by atoms with Crippen molar-refractivity contribution in [3.05, 3.63) is 106 Å². The first-order valence-corrected chi connectivity index (χ1v) is 20.6. The number of hydrogen-bond donors (Lipinski definition) is 0. The Morgan fingerprint density at radius 2 is 1.09 bits per heavy atom. The molecule has 4 aliphatic heterocycles. The van der Waals surface area contributed by atoms with Gasteiger partial charge in [-0.3, -0.25) is 0 Å². The van der Waals surface area contributed by atoms with Crippen molar-refractivity contribution in [2.24, 2.45) is 5.41 Å². The van der Waals surface area contributed by atoms with Crippen LogP contribution in [-0.2, 0) is 21.0 Å². The molecule has 0 bridgehead atoms. The minimum atomic E-state index is -0.286. The molecule has 0 radical (unpaired) electrons. The Balaban J connectivity index is 1.29. The fourth-order valence-electron chi connectivity index (χ4n) is 11.6. The second-order valence-electron chi connectivity index (χ2n) is 20.5. The molecule has 5 heteroatoms. The predicted octanol–water partition coefficient (Wildman–Crippen LogP) is 11.5. The van der Waals surface area contributed by atoms with Crippen LogP contribution >= 0.6 is 0 Å². The second kappa shape index (κ2) is 10.6. The van der Waals surface area contributed by atoms with Gasteiger partial charge in [-0.1, -0.05) is 85.7 Å². The van der Waals surface area contributed by atoms with Crippen LogP contribution in [0.3, 0.4) is 0 Å². The van der Waals surface area contributed by atoms with Gasteiger partial charge in [0.05, 0.1) is 16.8 Å². The van der Waals surface area contributed by atoms with E-state index < -0.39 is 0 Å². The maximum atomic E-state index is 7.61. The monoisotopic (exact) mass is 716 g/mol. The van der Waals surface area contributed by atoms with Crippen LogP contribution < -0.4 is 25.5 Å². The molecule has 4 aromatic rings. The second-order valence-corrected chi connectivity index (χ2v) is 20.5. The highest BCUT2D eigenvalue weighted by Crippen LogP contribution is 2.65. The van der Waals surface area contributed by atoms with Crippen LogP contribution in [0.25, 0.3) is 0 Å². The molecule has 54 heavy (non-hydrogen) atoms. The normalized spacial score (nSPS) is 29.0. The minimum Gasteiger partial charge on any atom is -0.498 e. The molecule has 0 aromatic heterocycles. The van der Waals surface area contributed by atoms with E-state index in [0.29, 0.717) is 0 Å². The summed E-state index contributed by atoms with van der Waals surface area (Å²) in [7, 11) is 0. The number of rotatable bonds is 2. The quantitative estimate of drug-likeness (QED) is 0.193. The summed E-state index contributed by atoms with van der Waals surface area (Å²) in [6.45, 7) is 25.7. The fourth-order valence-corrected chi connectivity index (χ4v) is 11.6. The van der Waals surface area contributed by atoms with E-state index >= 15 is 0 Å². The van der Waals surface area contributed by atoms with Crippen molar-refractivity contribution in [1.29, 1.82) is 0 Å². The molecule has 2 saturated carbocycles. The van der Waals surface area contributed by atoms with Gasteiger partial charge in [-0.05, 0) is 135 Å². The fraction of sp³-hybridized carbons (Fsp3) is 0.469. The largest absolute Gasteiger partial charge is 0.498 e. The summed E-state index contributed by atoms with van der Waals surface area (Å²) >= 11 is 0. The van der Waals surface area contributed by atoms with Crippen molar-refractivity contribution in [3.8, 4) is 5.75 Å². The molecule has 4 aromatic carbocycles. The molecule has 0 spiro atoms. The summed E-state index contributed by atoms with van der Waals surface area (Å²) in [5, 5.41) is 0. The SMILES string of the molecule is Cc1cc2c3c(c1)N(c1ccc(C(C)(C)C)cc1)c1ccc4c(c1B3C1=C(N2c2ccc(C(C)(C)C)cc2)C2(C)CCCC2(C)O1)OC1(C)CCCC41C. The lowest BCUT2D eigenvalue weighted by Crippen LogP contribution is -2.57. The average molecular weight is 717 g/mol. The standard InChI is InChI=1S/C49H57BN2O2/c1-30-28-37-39-38(29-30)52(34-20-16-32(17-21-34)45(5,6)7)42-43(54-49(11)27-13-25-47(42,49)9)50(39)40-36(51(37)33-18-14-31(15-19-33)44(2,3)4)23-22-35-41(40)53-48(10)26-12-24-46(35,48)8/h14-23,28-29H,12-13,24-27H2,1-11H3. The molecule has 2 fully saturated rings. The number of anilines is 5. The maximum absolute atomic E-state index is 7.61. The van der Waals surface area contributed by atoms with Crippen molar-refractivity contribution in [3.63, 3.8) is 0 Å². The smallest absolute Gasteiger partial charge is 0.300 e. The molecule has 0 saturated heterocycles. The van der Waals surface area contributed by atoms with E-state index in [0.717, 1.165) is 37.1 Å². The van der Waals surface area contributed by atoms with Crippen molar-refractivity contribution < 1.29 is 9.47 Å². The summed E-state index contributed by atoms with van der Waals surface area (Å²) in [5.41, 5.74) is 16.0. The number of benzene rings is 4. The Kier molecular flexibility index (Phi) is 6.74. The van der Waals surface area contributed by atoms with Crippen molar-refractivity contribution in [1.82, 2.24) is 0 Å². The predicted molar refractivity (Wildman–Crippen MR) is 226 cm³/mol. The van der Waals surface area contributed by atoms with Crippen LogP contribution in [-0.4, -0.2) is 17.9 Å². The van der Waals surface area contributed by atoms with Gasteiger partial charge >= 0.3 is 0 Å². The number of hydrogen-bond acceptors (Lipinski definition) is 4.